The molecule has 0 aromatic carbocycles. The summed E-state index contributed by atoms with van der Waals surface area (Å²) in [5.74, 6) is -0.353. The van der Waals surface area contributed by atoms with Gasteiger partial charge >= 0.3 is 6.03 Å². The average Bonchev–Trinajstić information content (AvgIpc) is 2.97. The van der Waals surface area contributed by atoms with E-state index < -0.39 is 5.91 Å². The van der Waals surface area contributed by atoms with Gasteiger partial charge in [-0.25, -0.2) is 9.78 Å². The zero-order chi connectivity index (χ0) is 19.6. The second-order valence-electron chi connectivity index (χ2n) is 6.53. The van der Waals surface area contributed by atoms with Gasteiger partial charge in [0.1, 0.15) is 0 Å². The Hall–Kier alpha value is -1.81. The SMILES string of the molecule is Cc1nc(NC(=O)CCCNC(=O)NC2CCCCC2)sc1SCC(N)=O. The Morgan fingerprint density at radius 1 is 1.26 bits per heavy atom. The molecule has 0 radical (unpaired) electrons. The predicted molar refractivity (Wildman–Crippen MR) is 108 cm³/mol. The van der Waals surface area contributed by atoms with E-state index in [0.29, 0.717) is 24.5 Å². The summed E-state index contributed by atoms with van der Waals surface area (Å²) < 4.78 is 0.866. The maximum absolute atomic E-state index is 12.0. The van der Waals surface area contributed by atoms with Crippen LogP contribution in [0.2, 0.25) is 0 Å². The number of thioether (sulfide) groups is 1. The van der Waals surface area contributed by atoms with Crippen molar-refractivity contribution in [1.29, 1.82) is 0 Å². The molecule has 1 aliphatic rings. The van der Waals surface area contributed by atoms with Crippen molar-refractivity contribution in [3.05, 3.63) is 5.69 Å². The topological polar surface area (TPSA) is 126 Å². The van der Waals surface area contributed by atoms with Crippen LogP contribution in [0.3, 0.4) is 0 Å². The maximum atomic E-state index is 12.0. The third-order valence-corrected chi connectivity index (χ3v) is 6.61. The Morgan fingerprint density at radius 2 is 2.00 bits per heavy atom. The number of thiazole rings is 1. The number of amides is 4. The monoisotopic (exact) mass is 413 g/mol. The van der Waals surface area contributed by atoms with Gasteiger partial charge in [-0.1, -0.05) is 30.6 Å². The highest BCUT2D eigenvalue weighted by atomic mass is 32.2. The van der Waals surface area contributed by atoms with Gasteiger partial charge in [-0.3, -0.25) is 9.59 Å². The van der Waals surface area contributed by atoms with Crippen LogP contribution < -0.4 is 21.7 Å². The van der Waals surface area contributed by atoms with Gasteiger partial charge in [0.2, 0.25) is 11.8 Å². The van der Waals surface area contributed by atoms with Gasteiger partial charge in [0.05, 0.1) is 15.7 Å². The summed E-state index contributed by atoms with van der Waals surface area (Å²) in [6, 6.07) is 0.116. The normalized spacial score (nSPS) is 14.6. The van der Waals surface area contributed by atoms with Crippen LogP contribution in [-0.4, -0.2) is 41.2 Å². The molecule has 0 spiro atoms. The highest BCUT2D eigenvalue weighted by Crippen LogP contribution is 2.31. The molecule has 0 saturated heterocycles. The first-order valence-corrected chi connectivity index (χ1v) is 11.0. The summed E-state index contributed by atoms with van der Waals surface area (Å²) in [6.07, 6.45) is 6.53. The molecule has 0 unspecified atom stereocenters. The quantitative estimate of drug-likeness (QED) is 0.365. The van der Waals surface area contributed by atoms with Crippen molar-refractivity contribution in [2.24, 2.45) is 5.73 Å². The van der Waals surface area contributed by atoms with Crippen molar-refractivity contribution in [1.82, 2.24) is 15.6 Å². The first kappa shape index (κ1) is 21.5. The maximum Gasteiger partial charge on any atom is 0.315 e. The van der Waals surface area contributed by atoms with Crippen molar-refractivity contribution in [2.75, 3.05) is 17.6 Å². The van der Waals surface area contributed by atoms with Crippen LogP contribution in [0.15, 0.2) is 4.21 Å². The number of urea groups is 1. The fraction of sp³-hybridized carbons (Fsp3) is 0.647. The van der Waals surface area contributed by atoms with E-state index in [-0.39, 0.29) is 23.7 Å². The molecule has 10 heteroatoms. The molecule has 1 aromatic heterocycles. The number of nitrogens with zero attached hydrogens (tertiary/aromatic N) is 1. The van der Waals surface area contributed by atoms with Crippen LogP contribution in [0.5, 0.6) is 0 Å². The molecule has 0 bridgehead atoms. The van der Waals surface area contributed by atoms with Crippen molar-refractivity contribution in [3.63, 3.8) is 0 Å². The van der Waals surface area contributed by atoms with E-state index in [1.165, 1.54) is 42.4 Å². The first-order valence-electron chi connectivity index (χ1n) is 9.17. The van der Waals surface area contributed by atoms with E-state index in [1.54, 1.807) is 0 Å². The van der Waals surface area contributed by atoms with E-state index in [1.807, 2.05) is 6.92 Å². The van der Waals surface area contributed by atoms with Crippen LogP contribution in [0.25, 0.3) is 0 Å². The van der Waals surface area contributed by atoms with Gasteiger partial charge in [0, 0.05) is 19.0 Å². The van der Waals surface area contributed by atoms with Gasteiger partial charge in [-0.15, -0.1) is 11.8 Å². The average molecular weight is 414 g/mol. The molecule has 27 heavy (non-hydrogen) atoms. The smallest absolute Gasteiger partial charge is 0.315 e. The molecule has 1 fully saturated rings. The van der Waals surface area contributed by atoms with Crippen molar-refractivity contribution >= 4 is 46.1 Å². The minimum absolute atomic E-state index is 0.148. The fourth-order valence-corrected chi connectivity index (χ4v) is 4.72. The Bertz CT molecular complexity index is 659. The van der Waals surface area contributed by atoms with Crippen LogP contribution in [0.4, 0.5) is 9.93 Å². The number of rotatable bonds is 9. The standard InChI is InChI=1S/C17H27N5O3S2/c1-11-15(26-10-13(18)23)27-17(20-11)22-14(24)8-5-9-19-16(25)21-12-6-3-2-4-7-12/h12H,2-10H2,1H3,(H2,18,23)(H2,19,21,25)(H,20,22,24). The van der Waals surface area contributed by atoms with Crippen molar-refractivity contribution in [3.8, 4) is 0 Å². The van der Waals surface area contributed by atoms with Gasteiger partial charge in [-0.05, 0) is 26.2 Å². The lowest BCUT2D eigenvalue weighted by Gasteiger charge is -2.22. The number of nitrogens with one attached hydrogen (secondary N) is 3. The minimum Gasteiger partial charge on any atom is -0.369 e. The molecule has 0 atom stereocenters. The number of aryl methyl sites for hydroxylation is 1. The number of hydrogen-bond acceptors (Lipinski definition) is 6. The number of carbonyl (C=O) groups excluding carboxylic acids is 3. The van der Waals surface area contributed by atoms with Crippen molar-refractivity contribution < 1.29 is 14.4 Å². The Balaban J connectivity index is 1.62. The number of anilines is 1. The van der Waals surface area contributed by atoms with Crippen LogP contribution >= 0.6 is 23.1 Å². The second-order valence-corrected chi connectivity index (χ2v) is 8.78. The third kappa shape index (κ3) is 8.17. The summed E-state index contributed by atoms with van der Waals surface area (Å²) in [5, 5.41) is 9.04. The van der Waals surface area contributed by atoms with Crippen LogP contribution in [0.1, 0.15) is 50.6 Å². The Morgan fingerprint density at radius 3 is 2.70 bits per heavy atom. The van der Waals surface area contributed by atoms with E-state index in [0.717, 1.165) is 22.7 Å². The molecule has 1 aliphatic carbocycles. The fourth-order valence-electron chi connectivity index (χ4n) is 2.82. The number of primary amides is 1. The van der Waals surface area contributed by atoms with Crippen LogP contribution in [-0.2, 0) is 9.59 Å². The Labute approximate surface area is 167 Å². The highest BCUT2D eigenvalue weighted by Gasteiger charge is 2.15. The van der Waals surface area contributed by atoms with E-state index in [4.69, 9.17) is 5.73 Å². The Kier molecular flexibility index (Phi) is 8.86. The highest BCUT2D eigenvalue weighted by molar-refractivity contribution is 8.01. The third-order valence-electron chi connectivity index (χ3n) is 4.15. The molecule has 1 heterocycles. The number of aromatic nitrogens is 1. The lowest BCUT2D eigenvalue weighted by molar-refractivity contribution is -0.116. The van der Waals surface area contributed by atoms with Gasteiger partial charge in [-0.2, -0.15) is 0 Å². The number of nitrogens with two attached hydrogens (primary N) is 1. The molecule has 1 aromatic rings. The second kappa shape index (κ2) is 11.1. The molecule has 150 valence electrons. The van der Waals surface area contributed by atoms with Gasteiger partial charge in [0.25, 0.3) is 0 Å². The first-order chi connectivity index (χ1) is 12.9. The predicted octanol–water partition coefficient (Wildman–Crippen LogP) is 2.38. The van der Waals surface area contributed by atoms with E-state index in [2.05, 4.69) is 20.9 Å². The molecule has 4 amide bonds. The summed E-state index contributed by atoms with van der Waals surface area (Å²) in [5.41, 5.74) is 5.91. The molecular formula is C17H27N5O3S2. The summed E-state index contributed by atoms with van der Waals surface area (Å²) in [6.45, 7) is 2.27. The largest absolute Gasteiger partial charge is 0.369 e. The summed E-state index contributed by atoms with van der Waals surface area (Å²) in [4.78, 5) is 39.0. The molecular weight excluding hydrogens is 386 g/mol. The van der Waals surface area contributed by atoms with Gasteiger partial charge < -0.3 is 21.7 Å². The zero-order valence-electron chi connectivity index (χ0n) is 15.5. The van der Waals surface area contributed by atoms with Crippen LogP contribution in [0, 0.1) is 6.92 Å². The molecule has 0 aliphatic heterocycles. The number of hydrogen-bond donors (Lipinski definition) is 4. The van der Waals surface area contributed by atoms with E-state index >= 15 is 0 Å². The summed E-state index contributed by atoms with van der Waals surface area (Å²) in [7, 11) is 0. The molecule has 1 saturated carbocycles. The van der Waals surface area contributed by atoms with E-state index in [9.17, 15) is 14.4 Å². The molecule has 2 rings (SSSR count). The lowest BCUT2D eigenvalue weighted by Crippen LogP contribution is -2.43. The lowest BCUT2D eigenvalue weighted by atomic mass is 9.96. The minimum atomic E-state index is -0.390. The summed E-state index contributed by atoms with van der Waals surface area (Å²) >= 11 is 2.64. The molecule has 8 nitrogen and oxygen atoms in total. The molecule has 5 N–H and O–H groups in total. The zero-order valence-corrected chi connectivity index (χ0v) is 17.1. The van der Waals surface area contributed by atoms with Crippen molar-refractivity contribution in [2.45, 2.75) is 62.1 Å². The number of carbonyl (C=O) groups is 3. The van der Waals surface area contributed by atoms with Gasteiger partial charge in [0.15, 0.2) is 5.13 Å².